The molecule has 1 aliphatic rings. The van der Waals surface area contributed by atoms with Gasteiger partial charge in [0, 0.05) is 44.6 Å². The zero-order valence-electron chi connectivity index (χ0n) is 17.3. The maximum absolute atomic E-state index is 12.6. The van der Waals surface area contributed by atoms with Crippen LogP contribution in [0.2, 0.25) is 5.15 Å². The number of carbonyl (C=O) groups excluding carboxylic acids is 1. The largest absolute Gasteiger partial charge is 0.497 e. The van der Waals surface area contributed by atoms with Gasteiger partial charge in [-0.05, 0) is 42.8 Å². The van der Waals surface area contributed by atoms with E-state index in [-0.39, 0.29) is 5.91 Å². The van der Waals surface area contributed by atoms with Gasteiger partial charge in [0.05, 0.1) is 7.11 Å². The Balaban J connectivity index is 1.22. The number of halogens is 1. The molecule has 1 aromatic carbocycles. The standard InChI is InChI=1S/C22H24ClN5O3/c1-30-17-10-8-16(9-11-17)22-25-20(31-26-22)6-3-7-21(29)28-14-12-27(13-15-28)19-5-2-4-18(23)24-19/h2,4-5,8-11H,3,6-7,12-15H2,1H3. The molecule has 3 aromatic rings. The van der Waals surface area contributed by atoms with Gasteiger partial charge in [0.25, 0.3) is 0 Å². The Hall–Kier alpha value is -3.13. The number of hydrogen-bond acceptors (Lipinski definition) is 7. The van der Waals surface area contributed by atoms with Crippen LogP contribution in [0.5, 0.6) is 5.75 Å². The predicted molar refractivity (Wildman–Crippen MR) is 117 cm³/mol. The van der Waals surface area contributed by atoms with Crippen molar-refractivity contribution in [2.75, 3.05) is 38.2 Å². The normalized spacial score (nSPS) is 14.0. The van der Waals surface area contributed by atoms with Gasteiger partial charge in [-0.25, -0.2) is 4.98 Å². The van der Waals surface area contributed by atoms with E-state index < -0.39 is 0 Å². The summed E-state index contributed by atoms with van der Waals surface area (Å²) in [5, 5.41) is 4.51. The molecule has 2 aromatic heterocycles. The number of pyridine rings is 1. The van der Waals surface area contributed by atoms with Crippen LogP contribution < -0.4 is 9.64 Å². The third kappa shape index (κ3) is 5.32. The monoisotopic (exact) mass is 441 g/mol. The molecule has 8 nitrogen and oxygen atoms in total. The number of nitrogens with zero attached hydrogens (tertiary/aromatic N) is 5. The number of carbonyl (C=O) groups is 1. The SMILES string of the molecule is COc1ccc(-c2noc(CCCC(=O)N3CCN(c4cccc(Cl)n4)CC3)n2)cc1. The molecule has 0 saturated carbocycles. The zero-order valence-corrected chi connectivity index (χ0v) is 18.1. The average molecular weight is 442 g/mol. The lowest BCUT2D eigenvalue weighted by Gasteiger charge is -2.35. The van der Waals surface area contributed by atoms with Crippen LogP contribution in [0.15, 0.2) is 47.0 Å². The number of methoxy groups -OCH3 is 1. The Morgan fingerprint density at radius 3 is 2.58 bits per heavy atom. The molecular formula is C22H24ClN5O3. The van der Waals surface area contributed by atoms with Crippen LogP contribution in [0.1, 0.15) is 18.7 Å². The molecule has 0 atom stereocenters. The van der Waals surface area contributed by atoms with E-state index in [1.807, 2.05) is 41.3 Å². The van der Waals surface area contributed by atoms with E-state index in [9.17, 15) is 4.79 Å². The summed E-state index contributed by atoms with van der Waals surface area (Å²) in [5.41, 5.74) is 0.860. The van der Waals surface area contributed by atoms with Crippen LogP contribution in [0.4, 0.5) is 5.82 Å². The Morgan fingerprint density at radius 1 is 1.10 bits per heavy atom. The number of benzene rings is 1. The smallest absolute Gasteiger partial charge is 0.226 e. The van der Waals surface area contributed by atoms with Crippen molar-refractivity contribution < 1.29 is 14.1 Å². The summed E-state index contributed by atoms with van der Waals surface area (Å²) in [6, 6.07) is 13.1. The van der Waals surface area contributed by atoms with Gasteiger partial charge in [-0.3, -0.25) is 4.79 Å². The van der Waals surface area contributed by atoms with E-state index in [0.29, 0.717) is 49.2 Å². The summed E-state index contributed by atoms with van der Waals surface area (Å²) < 4.78 is 10.5. The Morgan fingerprint density at radius 2 is 1.87 bits per heavy atom. The molecule has 0 unspecified atom stereocenters. The number of piperazine rings is 1. The summed E-state index contributed by atoms with van der Waals surface area (Å²) in [4.78, 5) is 25.4. The highest BCUT2D eigenvalue weighted by Crippen LogP contribution is 2.20. The first-order valence-corrected chi connectivity index (χ1v) is 10.6. The molecule has 0 spiro atoms. The van der Waals surface area contributed by atoms with Crippen LogP contribution in [-0.2, 0) is 11.2 Å². The molecule has 31 heavy (non-hydrogen) atoms. The van der Waals surface area contributed by atoms with E-state index in [1.165, 1.54) is 0 Å². The first kappa shape index (κ1) is 21.1. The van der Waals surface area contributed by atoms with Gasteiger partial charge in [-0.1, -0.05) is 22.8 Å². The molecule has 162 valence electrons. The van der Waals surface area contributed by atoms with Crippen LogP contribution in [-0.4, -0.2) is 59.2 Å². The summed E-state index contributed by atoms with van der Waals surface area (Å²) >= 11 is 5.97. The van der Waals surface area contributed by atoms with E-state index in [0.717, 1.165) is 30.2 Å². The molecule has 0 bridgehead atoms. The van der Waals surface area contributed by atoms with Crippen molar-refractivity contribution in [1.29, 1.82) is 0 Å². The maximum atomic E-state index is 12.6. The highest BCUT2D eigenvalue weighted by molar-refractivity contribution is 6.29. The molecule has 1 aliphatic heterocycles. The average Bonchev–Trinajstić information content (AvgIpc) is 3.28. The molecule has 0 radical (unpaired) electrons. The first-order valence-electron chi connectivity index (χ1n) is 10.2. The van der Waals surface area contributed by atoms with E-state index >= 15 is 0 Å². The zero-order chi connectivity index (χ0) is 21.6. The van der Waals surface area contributed by atoms with E-state index in [2.05, 4.69) is 20.0 Å². The van der Waals surface area contributed by atoms with Gasteiger partial charge >= 0.3 is 0 Å². The second-order valence-electron chi connectivity index (χ2n) is 7.28. The fourth-order valence-electron chi connectivity index (χ4n) is 3.52. The van der Waals surface area contributed by atoms with Crippen molar-refractivity contribution in [1.82, 2.24) is 20.0 Å². The second-order valence-corrected chi connectivity index (χ2v) is 7.67. The number of amides is 1. The Kier molecular flexibility index (Phi) is 6.66. The fourth-order valence-corrected chi connectivity index (χ4v) is 3.68. The number of hydrogen-bond donors (Lipinski definition) is 0. The van der Waals surface area contributed by atoms with Crippen LogP contribution in [0.3, 0.4) is 0 Å². The van der Waals surface area contributed by atoms with Gasteiger partial charge in [0.2, 0.25) is 17.6 Å². The summed E-state index contributed by atoms with van der Waals surface area (Å²) in [5.74, 6) is 2.85. The van der Waals surface area contributed by atoms with Crippen molar-refractivity contribution in [3.8, 4) is 17.1 Å². The molecule has 0 aliphatic carbocycles. The molecule has 0 N–H and O–H groups in total. The lowest BCUT2D eigenvalue weighted by molar-refractivity contribution is -0.131. The van der Waals surface area contributed by atoms with Gasteiger partial charge in [0.1, 0.15) is 16.7 Å². The molecule has 4 rings (SSSR count). The first-order chi connectivity index (χ1) is 15.1. The molecule has 1 amide bonds. The van der Waals surface area contributed by atoms with Crippen LogP contribution in [0.25, 0.3) is 11.4 Å². The Bertz CT molecular complexity index is 1020. The molecule has 3 heterocycles. The third-order valence-corrected chi connectivity index (χ3v) is 5.46. The van der Waals surface area contributed by atoms with E-state index in [1.54, 1.807) is 13.2 Å². The van der Waals surface area contributed by atoms with Crippen molar-refractivity contribution in [2.24, 2.45) is 0 Å². The molecule has 9 heteroatoms. The highest BCUT2D eigenvalue weighted by atomic mass is 35.5. The number of anilines is 1. The van der Waals surface area contributed by atoms with Crippen LogP contribution >= 0.6 is 11.6 Å². The second kappa shape index (κ2) is 9.78. The number of rotatable bonds is 7. The minimum Gasteiger partial charge on any atom is -0.497 e. The lowest BCUT2D eigenvalue weighted by atomic mass is 10.2. The van der Waals surface area contributed by atoms with Gasteiger partial charge in [-0.15, -0.1) is 0 Å². The predicted octanol–water partition coefficient (Wildman–Crippen LogP) is 3.47. The molecule has 1 saturated heterocycles. The number of ether oxygens (including phenoxy) is 1. The Labute approximate surface area is 185 Å². The number of aryl methyl sites for hydroxylation is 1. The van der Waals surface area contributed by atoms with Gasteiger partial charge in [-0.2, -0.15) is 4.98 Å². The highest BCUT2D eigenvalue weighted by Gasteiger charge is 2.22. The quantitative estimate of drug-likeness (QED) is 0.519. The third-order valence-electron chi connectivity index (χ3n) is 5.25. The summed E-state index contributed by atoms with van der Waals surface area (Å²) in [6.07, 6.45) is 1.69. The minimum atomic E-state index is 0.147. The summed E-state index contributed by atoms with van der Waals surface area (Å²) in [7, 11) is 1.62. The topological polar surface area (TPSA) is 84.6 Å². The van der Waals surface area contributed by atoms with Crippen LogP contribution in [0, 0.1) is 0 Å². The molecule has 1 fully saturated rings. The fraction of sp³-hybridized carbons (Fsp3) is 0.364. The summed E-state index contributed by atoms with van der Waals surface area (Å²) in [6.45, 7) is 2.84. The van der Waals surface area contributed by atoms with Crippen molar-refractivity contribution in [2.45, 2.75) is 19.3 Å². The van der Waals surface area contributed by atoms with E-state index in [4.69, 9.17) is 20.9 Å². The number of aromatic nitrogens is 3. The maximum Gasteiger partial charge on any atom is 0.226 e. The van der Waals surface area contributed by atoms with Crippen molar-refractivity contribution in [3.05, 3.63) is 53.5 Å². The minimum absolute atomic E-state index is 0.147. The lowest BCUT2D eigenvalue weighted by Crippen LogP contribution is -2.49. The van der Waals surface area contributed by atoms with Crippen molar-refractivity contribution >= 4 is 23.3 Å². The molecular weight excluding hydrogens is 418 g/mol. The van der Waals surface area contributed by atoms with Crippen molar-refractivity contribution in [3.63, 3.8) is 0 Å². The van der Waals surface area contributed by atoms with Gasteiger partial charge in [0.15, 0.2) is 0 Å². The van der Waals surface area contributed by atoms with Gasteiger partial charge < -0.3 is 19.1 Å².